The van der Waals surface area contributed by atoms with Gasteiger partial charge in [-0.25, -0.2) is 9.97 Å². The third-order valence-corrected chi connectivity index (χ3v) is 3.95. The molecule has 0 unspecified atom stereocenters. The van der Waals surface area contributed by atoms with Crippen molar-refractivity contribution >= 4 is 41.8 Å². The number of primary amides is 1. The van der Waals surface area contributed by atoms with E-state index in [1.54, 1.807) is 31.6 Å². The third-order valence-electron chi connectivity index (χ3n) is 3.95. The van der Waals surface area contributed by atoms with E-state index in [9.17, 15) is 4.79 Å². The first-order valence-corrected chi connectivity index (χ1v) is 8.03. The maximum Gasteiger partial charge on any atom is 0.284 e. The van der Waals surface area contributed by atoms with Crippen LogP contribution in [0, 0.1) is 0 Å². The molecule has 0 aromatic carbocycles. The van der Waals surface area contributed by atoms with Crippen molar-refractivity contribution in [2.45, 2.75) is 6.54 Å². The van der Waals surface area contributed by atoms with Gasteiger partial charge in [-0.2, -0.15) is 0 Å². The first kappa shape index (κ1) is 19.9. The quantitative estimate of drug-likeness (QED) is 0.383. The predicted octanol–water partition coefficient (Wildman–Crippen LogP) is 0.684. The number of aromatic nitrogens is 2. The Kier molecular flexibility index (Phi) is 7.18. The van der Waals surface area contributed by atoms with Gasteiger partial charge in [-0.1, -0.05) is 0 Å². The molecule has 0 spiro atoms. The van der Waals surface area contributed by atoms with Crippen molar-refractivity contribution in [1.29, 1.82) is 0 Å². The van der Waals surface area contributed by atoms with E-state index < -0.39 is 5.91 Å². The number of anilines is 1. The zero-order valence-electron chi connectivity index (χ0n) is 14.5. The van der Waals surface area contributed by atoms with E-state index in [4.69, 9.17) is 10.2 Å². The Morgan fingerprint density at radius 3 is 2.54 bits per heavy atom. The summed E-state index contributed by atoms with van der Waals surface area (Å²) in [5.41, 5.74) is 5.19. The van der Waals surface area contributed by atoms with Gasteiger partial charge in [0.25, 0.3) is 5.91 Å². The average molecular weight is 471 g/mol. The van der Waals surface area contributed by atoms with E-state index in [-0.39, 0.29) is 29.7 Å². The van der Waals surface area contributed by atoms with Crippen molar-refractivity contribution in [1.82, 2.24) is 20.2 Å². The van der Waals surface area contributed by atoms with E-state index in [2.05, 4.69) is 30.1 Å². The number of rotatable bonds is 4. The third kappa shape index (κ3) is 4.84. The van der Waals surface area contributed by atoms with Crippen molar-refractivity contribution in [2.24, 2.45) is 10.7 Å². The molecule has 140 valence electrons. The molecule has 0 saturated carbocycles. The lowest BCUT2D eigenvalue weighted by Crippen LogP contribution is -2.52. The molecule has 3 heterocycles. The van der Waals surface area contributed by atoms with Crippen LogP contribution in [0.4, 0.5) is 5.95 Å². The molecule has 0 aliphatic carbocycles. The lowest BCUT2D eigenvalue weighted by molar-refractivity contribution is 0.0972. The van der Waals surface area contributed by atoms with Crippen molar-refractivity contribution in [3.63, 3.8) is 0 Å². The summed E-state index contributed by atoms with van der Waals surface area (Å²) in [6.07, 6.45) is 3.50. The summed E-state index contributed by atoms with van der Waals surface area (Å²) in [7, 11) is 1.74. The predicted molar refractivity (Wildman–Crippen MR) is 109 cm³/mol. The second-order valence-electron chi connectivity index (χ2n) is 5.55. The fourth-order valence-electron chi connectivity index (χ4n) is 2.68. The summed E-state index contributed by atoms with van der Waals surface area (Å²) in [6, 6.07) is 5.11. The highest BCUT2D eigenvalue weighted by atomic mass is 127. The van der Waals surface area contributed by atoms with Gasteiger partial charge in [-0.05, 0) is 18.2 Å². The minimum atomic E-state index is -0.574. The van der Waals surface area contributed by atoms with E-state index in [0.717, 1.165) is 38.1 Å². The number of carbonyl (C=O) groups excluding carboxylic acids is 1. The van der Waals surface area contributed by atoms with Crippen LogP contribution in [-0.2, 0) is 6.54 Å². The molecule has 3 N–H and O–H groups in total. The number of halogens is 1. The summed E-state index contributed by atoms with van der Waals surface area (Å²) in [6.45, 7) is 3.68. The van der Waals surface area contributed by atoms with E-state index in [1.165, 1.54) is 0 Å². The second kappa shape index (κ2) is 9.36. The molecule has 9 nitrogen and oxygen atoms in total. The number of hydrogen-bond donors (Lipinski definition) is 2. The van der Waals surface area contributed by atoms with Crippen LogP contribution in [0.2, 0.25) is 0 Å². The summed E-state index contributed by atoms with van der Waals surface area (Å²) in [5, 5.41) is 3.24. The van der Waals surface area contributed by atoms with Crippen LogP contribution in [0.3, 0.4) is 0 Å². The lowest BCUT2D eigenvalue weighted by Gasteiger charge is -2.36. The van der Waals surface area contributed by atoms with E-state index in [0.29, 0.717) is 12.3 Å². The normalized spacial score (nSPS) is 14.7. The van der Waals surface area contributed by atoms with Gasteiger partial charge in [0, 0.05) is 45.6 Å². The minimum Gasteiger partial charge on any atom is -0.454 e. The summed E-state index contributed by atoms with van der Waals surface area (Å²) in [5.74, 6) is 1.75. The summed E-state index contributed by atoms with van der Waals surface area (Å²) >= 11 is 0. The van der Waals surface area contributed by atoms with Gasteiger partial charge >= 0.3 is 0 Å². The fourth-order valence-corrected chi connectivity index (χ4v) is 2.68. The number of hydrogen-bond acceptors (Lipinski definition) is 6. The number of nitrogens with zero attached hydrogens (tertiary/aromatic N) is 5. The highest BCUT2D eigenvalue weighted by molar-refractivity contribution is 14.0. The number of nitrogens with one attached hydrogen (secondary N) is 1. The van der Waals surface area contributed by atoms with Gasteiger partial charge in [0.15, 0.2) is 11.7 Å². The van der Waals surface area contributed by atoms with Crippen LogP contribution in [0.15, 0.2) is 40.0 Å². The molecule has 1 saturated heterocycles. The van der Waals surface area contributed by atoms with Gasteiger partial charge < -0.3 is 25.3 Å². The van der Waals surface area contributed by atoms with Crippen molar-refractivity contribution in [3.8, 4) is 0 Å². The first-order chi connectivity index (χ1) is 12.2. The molecule has 10 heteroatoms. The number of nitrogens with two attached hydrogens (primary N) is 1. The van der Waals surface area contributed by atoms with Crippen LogP contribution < -0.4 is 16.0 Å². The highest BCUT2D eigenvalue weighted by Gasteiger charge is 2.21. The minimum absolute atomic E-state index is 0. The molecule has 3 rings (SSSR count). The molecule has 2 aromatic rings. The molecule has 1 aliphatic heterocycles. The average Bonchev–Trinajstić information content (AvgIpc) is 3.13. The first-order valence-electron chi connectivity index (χ1n) is 8.03. The van der Waals surface area contributed by atoms with E-state index >= 15 is 0 Å². The Hall–Kier alpha value is -2.37. The Labute approximate surface area is 168 Å². The number of carbonyl (C=O) groups is 1. The van der Waals surface area contributed by atoms with Crippen molar-refractivity contribution < 1.29 is 9.21 Å². The zero-order chi connectivity index (χ0) is 17.6. The molecule has 1 fully saturated rings. The van der Waals surface area contributed by atoms with Gasteiger partial charge in [0.2, 0.25) is 5.95 Å². The lowest BCUT2D eigenvalue weighted by atomic mass is 10.3. The van der Waals surface area contributed by atoms with Crippen LogP contribution in [-0.4, -0.2) is 60.0 Å². The summed E-state index contributed by atoms with van der Waals surface area (Å²) < 4.78 is 5.37. The maximum absolute atomic E-state index is 11.1. The van der Waals surface area contributed by atoms with Crippen molar-refractivity contribution in [2.75, 3.05) is 38.1 Å². The fraction of sp³-hybridized carbons (Fsp3) is 0.375. The maximum atomic E-state index is 11.1. The molecule has 0 radical (unpaired) electrons. The number of piperazine rings is 1. The molecule has 0 atom stereocenters. The van der Waals surface area contributed by atoms with Crippen molar-refractivity contribution in [3.05, 3.63) is 42.1 Å². The van der Waals surface area contributed by atoms with Gasteiger partial charge in [0.05, 0.1) is 6.54 Å². The van der Waals surface area contributed by atoms with Gasteiger partial charge in [-0.15, -0.1) is 24.0 Å². The Morgan fingerprint density at radius 1 is 1.27 bits per heavy atom. The molecule has 0 bridgehead atoms. The van der Waals surface area contributed by atoms with Crippen LogP contribution in [0.5, 0.6) is 0 Å². The van der Waals surface area contributed by atoms with Crippen LogP contribution in [0.25, 0.3) is 0 Å². The number of amides is 1. The largest absolute Gasteiger partial charge is 0.454 e. The monoisotopic (exact) mass is 471 g/mol. The van der Waals surface area contributed by atoms with Gasteiger partial charge in [0.1, 0.15) is 5.76 Å². The highest BCUT2D eigenvalue weighted by Crippen LogP contribution is 2.11. The molecule has 1 amide bonds. The molecule has 2 aromatic heterocycles. The molecule has 1 aliphatic rings. The Bertz CT molecular complexity index is 742. The number of furan rings is 1. The van der Waals surface area contributed by atoms with E-state index in [1.807, 2.05) is 6.07 Å². The Balaban J connectivity index is 0.00000243. The van der Waals surface area contributed by atoms with Gasteiger partial charge in [-0.3, -0.25) is 9.79 Å². The number of aliphatic imine (C=N–C) groups is 1. The molecular formula is C16H22IN7O2. The van der Waals surface area contributed by atoms with Crippen LogP contribution in [0.1, 0.15) is 16.3 Å². The zero-order valence-corrected chi connectivity index (χ0v) is 16.8. The standard InChI is InChI=1S/C16H21N7O2.HI/c1-18-15(21-11-12-3-4-13(25-12)14(17)24)22-7-9-23(10-8-22)16-19-5-2-6-20-16;/h2-6H,7-11H2,1H3,(H2,17,24)(H,18,21);1H. The number of guanidine groups is 1. The second-order valence-corrected chi connectivity index (χ2v) is 5.55. The topological polar surface area (TPSA) is 113 Å². The SMILES string of the molecule is CN=C(NCc1ccc(C(N)=O)o1)N1CCN(c2ncccn2)CC1.I. The van der Waals surface area contributed by atoms with Crippen LogP contribution >= 0.6 is 24.0 Å². The molecule has 26 heavy (non-hydrogen) atoms. The smallest absolute Gasteiger partial charge is 0.284 e. The Morgan fingerprint density at radius 2 is 1.96 bits per heavy atom. The summed E-state index contributed by atoms with van der Waals surface area (Å²) in [4.78, 5) is 28.3. The molecular weight excluding hydrogens is 449 g/mol.